The fourth-order valence-corrected chi connectivity index (χ4v) is 3.11. The molecular weight excluding hydrogens is 286 g/mol. The highest BCUT2D eigenvalue weighted by atomic mass is 15.4. The van der Waals surface area contributed by atoms with Crippen molar-refractivity contribution in [1.29, 1.82) is 0 Å². The molecule has 5 nitrogen and oxygen atoms in total. The summed E-state index contributed by atoms with van der Waals surface area (Å²) in [5.74, 6) is 2.61. The van der Waals surface area contributed by atoms with Gasteiger partial charge in [0.15, 0.2) is 11.5 Å². The molecule has 116 valence electrons. The van der Waals surface area contributed by atoms with Crippen molar-refractivity contribution in [3.63, 3.8) is 0 Å². The fourth-order valence-electron chi connectivity index (χ4n) is 3.11. The van der Waals surface area contributed by atoms with Gasteiger partial charge in [0, 0.05) is 18.5 Å². The van der Waals surface area contributed by atoms with Crippen molar-refractivity contribution in [2.45, 2.75) is 44.2 Å². The standard InChI is InChI=1S/C18H19N5/c1-2-4-13(5-3-1)12-22(15-8-9-15)17-11-10-16-19-20-18(14-6-7-14)23(16)21-17/h1-5,10-11,14-15H,6-9,12H2. The summed E-state index contributed by atoms with van der Waals surface area (Å²) in [5, 5.41) is 13.5. The average Bonchev–Trinajstić information content (AvgIpc) is 3.51. The molecule has 0 atom stereocenters. The van der Waals surface area contributed by atoms with Crippen molar-refractivity contribution >= 4 is 11.5 Å². The molecule has 2 fully saturated rings. The van der Waals surface area contributed by atoms with Crippen LogP contribution in [0.4, 0.5) is 5.82 Å². The van der Waals surface area contributed by atoms with E-state index in [9.17, 15) is 0 Å². The Kier molecular flexibility index (Phi) is 2.86. The topological polar surface area (TPSA) is 46.3 Å². The SMILES string of the molecule is c1ccc(CN(c2ccc3nnc(C4CC4)n3n2)C2CC2)cc1. The third-order valence-corrected chi connectivity index (χ3v) is 4.69. The van der Waals surface area contributed by atoms with Crippen LogP contribution >= 0.6 is 0 Å². The van der Waals surface area contributed by atoms with Gasteiger partial charge in [0.05, 0.1) is 0 Å². The summed E-state index contributed by atoms with van der Waals surface area (Å²) in [7, 11) is 0. The molecule has 2 saturated carbocycles. The maximum Gasteiger partial charge on any atom is 0.178 e. The van der Waals surface area contributed by atoms with Gasteiger partial charge in [-0.1, -0.05) is 30.3 Å². The molecule has 0 saturated heterocycles. The summed E-state index contributed by atoms with van der Waals surface area (Å²) < 4.78 is 1.95. The van der Waals surface area contributed by atoms with E-state index in [0.717, 1.165) is 23.8 Å². The Bertz CT molecular complexity index is 833. The predicted octanol–water partition coefficient (Wildman–Crippen LogP) is 3.17. The highest BCUT2D eigenvalue weighted by Gasteiger charge is 2.32. The Morgan fingerprint density at radius 2 is 1.78 bits per heavy atom. The number of nitrogens with zero attached hydrogens (tertiary/aromatic N) is 5. The Labute approximate surface area is 135 Å². The number of anilines is 1. The molecule has 0 amide bonds. The summed E-state index contributed by atoms with van der Waals surface area (Å²) in [4.78, 5) is 2.42. The monoisotopic (exact) mass is 305 g/mol. The Hall–Kier alpha value is -2.43. The number of aromatic nitrogens is 4. The number of fused-ring (bicyclic) bond motifs is 1. The van der Waals surface area contributed by atoms with Crippen LogP contribution in [0.3, 0.4) is 0 Å². The molecular formula is C18H19N5. The highest BCUT2D eigenvalue weighted by Crippen LogP contribution is 2.39. The second kappa shape index (κ2) is 5.05. The van der Waals surface area contributed by atoms with Crippen molar-refractivity contribution in [1.82, 2.24) is 19.8 Å². The van der Waals surface area contributed by atoms with Crippen LogP contribution in [0.25, 0.3) is 5.65 Å². The first-order chi connectivity index (χ1) is 11.4. The smallest absolute Gasteiger partial charge is 0.178 e. The zero-order valence-electron chi connectivity index (χ0n) is 13.0. The second-order valence-corrected chi connectivity index (χ2v) is 6.64. The van der Waals surface area contributed by atoms with E-state index in [4.69, 9.17) is 5.10 Å². The second-order valence-electron chi connectivity index (χ2n) is 6.64. The lowest BCUT2D eigenvalue weighted by Crippen LogP contribution is -2.26. The molecule has 0 aliphatic heterocycles. The van der Waals surface area contributed by atoms with Crippen molar-refractivity contribution in [3.05, 3.63) is 53.9 Å². The first-order valence-corrected chi connectivity index (χ1v) is 8.41. The molecule has 5 heteroatoms. The molecule has 0 bridgehead atoms. The Morgan fingerprint density at radius 1 is 0.957 bits per heavy atom. The van der Waals surface area contributed by atoms with E-state index in [1.807, 2.05) is 10.6 Å². The van der Waals surface area contributed by atoms with Gasteiger partial charge in [0.1, 0.15) is 5.82 Å². The van der Waals surface area contributed by atoms with Crippen LogP contribution in [0.2, 0.25) is 0 Å². The normalized spacial score (nSPS) is 17.6. The molecule has 5 rings (SSSR count). The van der Waals surface area contributed by atoms with E-state index in [-0.39, 0.29) is 0 Å². The minimum absolute atomic E-state index is 0.552. The van der Waals surface area contributed by atoms with Gasteiger partial charge in [0.25, 0.3) is 0 Å². The average molecular weight is 305 g/mol. The van der Waals surface area contributed by atoms with Gasteiger partial charge in [-0.3, -0.25) is 0 Å². The molecule has 0 spiro atoms. The van der Waals surface area contributed by atoms with Crippen molar-refractivity contribution < 1.29 is 0 Å². The minimum Gasteiger partial charge on any atom is -0.348 e. The molecule has 1 aromatic carbocycles. The maximum atomic E-state index is 4.87. The molecule has 0 unspecified atom stereocenters. The zero-order chi connectivity index (χ0) is 15.2. The first kappa shape index (κ1) is 13.0. The summed E-state index contributed by atoms with van der Waals surface area (Å²) in [5.41, 5.74) is 2.18. The molecule has 2 aromatic heterocycles. The summed E-state index contributed by atoms with van der Waals surface area (Å²) in [6, 6.07) is 15.4. The van der Waals surface area contributed by atoms with E-state index in [0.29, 0.717) is 12.0 Å². The van der Waals surface area contributed by atoms with Gasteiger partial charge in [-0.15, -0.1) is 15.3 Å². The lowest BCUT2D eigenvalue weighted by atomic mass is 10.2. The summed E-state index contributed by atoms with van der Waals surface area (Å²) in [6.07, 6.45) is 4.93. The molecule has 0 radical (unpaired) electrons. The number of rotatable bonds is 5. The summed E-state index contributed by atoms with van der Waals surface area (Å²) in [6.45, 7) is 0.908. The van der Waals surface area contributed by atoms with Crippen LogP contribution in [0.1, 0.15) is 43.0 Å². The quantitative estimate of drug-likeness (QED) is 0.726. The fraction of sp³-hybridized carbons (Fsp3) is 0.389. The number of benzene rings is 1. The Morgan fingerprint density at radius 3 is 2.52 bits per heavy atom. The van der Waals surface area contributed by atoms with Gasteiger partial charge >= 0.3 is 0 Å². The van der Waals surface area contributed by atoms with Gasteiger partial charge in [-0.05, 0) is 43.4 Å². The van der Waals surface area contributed by atoms with Crippen LogP contribution in [-0.2, 0) is 6.54 Å². The van der Waals surface area contributed by atoms with Crippen LogP contribution in [0.5, 0.6) is 0 Å². The van der Waals surface area contributed by atoms with E-state index < -0.39 is 0 Å². The van der Waals surface area contributed by atoms with Crippen LogP contribution < -0.4 is 4.90 Å². The molecule has 23 heavy (non-hydrogen) atoms. The van der Waals surface area contributed by atoms with E-state index in [2.05, 4.69) is 51.5 Å². The van der Waals surface area contributed by atoms with Gasteiger partial charge in [-0.2, -0.15) is 4.52 Å². The lowest BCUT2D eigenvalue weighted by molar-refractivity contribution is 0.739. The van der Waals surface area contributed by atoms with Gasteiger partial charge in [0.2, 0.25) is 0 Å². The van der Waals surface area contributed by atoms with E-state index in [1.54, 1.807) is 0 Å². The minimum atomic E-state index is 0.552. The largest absolute Gasteiger partial charge is 0.348 e. The Balaban J connectivity index is 1.52. The predicted molar refractivity (Wildman–Crippen MR) is 88.4 cm³/mol. The molecule has 2 heterocycles. The lowest BCUT2D eigenvalue weighted by Gasteiger charge is -2.23. The van der Waals surface area contributed by atoms with Crippen molar-refractivity contribution in [3.8, 4) is 0 Å². The van der Waals surface area contributed by atoms with Crippen molar-refractivity contribution in [2.24, 2.45) is 0 Å². The third kappa shape index (κ3) is 2.46. The first-order valence-electron chi connectivity index (χ1n) is 8.41. The molecule has 3 aromatic rings. The summed E-state index contributed by atoms with van der Waals surface area (Å²) >= 11 is 0. The zero-order valence-corrected chi connectivity index (χ0v) is 13.0. The van der Waals surface area contributed by atoms with Crippen molar-refractivity contribution in [2.75, 3.05) is 4.90 Å². The maximum absolute atomic E-state index is 4.87. The van der Waals surface area contributed by atoms with E-state index in [1.165, 1.54) is 31.2 Å². The van der Waals surface area contributed by atoms with Crippen LogP contribution in [-0.4, -0.2) is 25.9 Å². The number of hydrogen-bond donors (Lipinski definition) is 0. The van der Waals surface area contributed by atoms with E-state index >= 15 is 0 Å². The van der Waals surface area contributed by atoms with Gasteiger partial charge < -0.3 is 4.90 Å². The highest BCUT2D eigenvalue weighted by molar-refractivity contribution is 5.48. The molecule has 0 N–H and O–H groups in total. The third-order valence-electron chi connectivity index (χ3n) is 4.69. The van der Waals surface area contributed by atoms with Crippen LogP contribution in [0.15, 0.2) is 42.5 Å². The van der Waals surface area contributed by atoms with Crippen LogP contribution in [0, 0.1) is 0 Å². The molecule has 2 aliphatic carbocycles. The van der Waals surface area contributed by atoms with Gasteiger partial charge in [-0.25, -0.2) is 0 Å². The molecule has 2 aliphatic rings. The number of hydrogen-bond acceptors (Lipinski definition) is 4.